The minimum Gasteiger partial charge on any atom is -0.465 e. The van der Waals surface area contributed by atoms with E-state index in [0.29, 0.717) is 26.1 Å². The highest BCUT2D eigenvalue weighted by atomic mass is 16.5. The Bertz CT molecular complexity index is 807. The van der Waals surface area contributed by atoms with Gasteiger partial charge in [-0.05, 0) is 56.8 Å². The number of methoxy groups -OCH3 is 1. The van der Waals surface area contributed by atoms with Crippen molar-refractivity contribution in [1.29, 1.82) is 0 Å². The van der Waals surface area contributed by atoms with Crippen LogP contribution in [0.15, 0.2) is 0 Å². The van der Waals surface area contributed by atoms with Gasteiger partial charge in [0.1, 0.15) is 0 Å². The third kappa shape index (κ3) is 5.01. The molecular weight excluding hydrogens is 410 g/mol. The van der Waals surface area contributed by atoms with Gasteiger partial charge in [-0.1, -0.05) is 6.92 Å². The Hall–Kier alpha value is -1.93. The molecule has 32 heavy (non-hydrogen) atoms. The van der Waals surface area contributed by atoms with Gasteiger partial charge in [-0.15, -0.1) is 0 Å². The number of fused-ring (bicyclic) bond motifs is 1. The number of aryl methyl sites for hydroxylation is 2. The molecule has 2 fully saturated rings. The first-order valence-electron chi connectivity index (χ1n) is 12.2. The van der Waals surface area contributed by atoms with Crippen molar-refractivity contribution in [3.63, 3.8) is 0 Å². The van der Waals surface area contributed by atoms with E-state index in [-0.39, 0.29) is 29.3 Å². The lowest BCUT2D eigenvalue weighted by atomic mass is 9.76. The van der Waals surface area contributed by atoms with Gasteiger partial charge >= 0.3 is 5.97 Å². The molecule has 1 saturated carbocycles. The van der Waals surface area contributed by atoms with Crippen molar-refractivity contribution in [2.24, 2.45) is 11.3 Å². The second-order valence-electron chi connectivity index (χ2n) is 9.55. The predicted octanol–water partition coefficient (Wildman–Crippen LogP) is 2.67. The van der Waals surface area contributed by atoms with E-state index in [2.05, 4.69) is 5.32 Å². The van der Waals surface area contributed by atoms with Crippen LogP contribution in [0.5, 0.6) is 0 Å². The van der Waals surface area contributed by atoms with E-state index in [4.69, 9.17) is 19.3 Å². The molecule has 178 valence electrons. The number of rotatable bonds is 7. The van der Waals surface area contributed by atoms with Crippen molar-refractivity contribution in [2.75, 3.05) is 33.5 Å². The number of aromatic nitrogens is 2. The fourth-order valence-corrected chi connectivity index (χ4v) is 5.40. The van der Waals surface area contributed by atoms with Crippen LogP contribution in [0.2, 0.25) is 0 Å². The largest absolute Gasteiger partial charge is 0.465 e. The van der Waals surface area contributed by atoms with Gasteiger partial charge in [-0.2, -0.15) is 5.10 Å². The zero-order valence-corrected chi connectivity index (χ0v) is 19.5. The topological polar surface area (TPSA) is 91.7 Å². The fraction of sp³-hybridized carbons (Fsp3) is 0.792. The molecule has 1 N–H and O–H groups in total. The summed E-state index contributed by atoms with van der Waals surface area (Å²) in [5, 5.41) is 7.92. The number of amides is 1. The number of carbonyl (C=O) groups is 2. The van der Waals surface area contributed by atoms with Gasteiger partial charge in [0, 0.05) is 39.8 Å². The Morgan fingerprint density at radius 3 is 2.69 bits per heavy atom. The zero-order chi connectivity index (χ0) is 22.6. The highest BCUT2D eigenvalue weighted by Crippen LogP contribution is 2.37. The van der Waals surface area contributed by atoms with Crippen molar-refractivity contribution in [3.05, 3.63) is 17.0 Å². The highest BCUT2D eigenvalue weighted by molar-refractivity contribution is 5.97. The van der Waals surface area contributed by atoms with Gasteiger partial charge in [0.25, 0.3) is 5.91 Å². The average Bonchev–Trinajstić information content (AvgIpc) is 3.10. The first-order chi connectivity index (χ1) is 15.5. The van der Waals surface area contributed by atoms with Gasteiger partial charge in [-0.25, -0.2) is 0 Å². The second kappa shape index (κ2) is 10.3. The molecular formula is C24H37N3O5. The van der Waals surface area contributed by atoms with Gasteiger partial charge < -0.3 is 19.5 Å². The standard InChI is InChI=1S/C24H37N3O5/c1-3-19-21-20(15-24(16-25-22(21)28)9-13-31-14-10-24)27(26-19)11-4-12-32-23(29)17-5-7-18(30-2)8-6-17/h17-18H,3-16H2,1-2H3,(H,25,28). The first-order valence-corrected chi connectivity index (χ1v) is 12.2. The zero-order valence-electron chi connectivity index (χ0n) is 19.5. The third-order valence-electron chi connectivity index (χ3n) is 7.51. The molecule has 1 aromatic heterocycles. The SMILES string of the molecule is CCc1nn(CCCOC(=O)C2CCC(OC)CC2)c2c1C(=O)NCC1(CCOCC1)C2. The van der Waals surface area contributed by atoms with Crippen molar-refractivity contribution >= 4 is 11.9 Å². The molecule has 3 heterocycles. The molecule has 1 aliphatic carbocycles. The predicted molar refractivity (Wildman–Crippen MR) is 118 cm³/mol. The Kier molecular flexibility index (Phi) is 7.51. The molecule has 0 aromatic carbocycles. The van der Waals surface area contributed by atoms with Gasteiger partial charge in [-0.3, -0.25) is 14.3 Å². The smallest absolute Gasteiger partial charge is 0.308 e. The molecule has 3 aliphatic rings. The Morgan fingerprint density at radius 1 is 1.25 bits per heavy atom. The van der Waals surface area contributed by atoms with Crippen LogP contribution >= 0.6 is 0 Å². The quantitative estimate of drug-likeness (QED) is 0.510. The third-order valence-corrected chi connectivity index (χ3v) is 7.51. The van der Waals surface area contributed by atoms with Crippen LogP contribution in [0.3, 0.4) is 0 Å². The molecule has 0 atom stereocenters. The summed E-state index contributed by atoms with van der Waals surface area (Å²) in [4.78, 5) is 25.3. The van der Waals surface area contributed by atoms with Crippen LogP contribution in [0, 0.1) is 11.3 Å². The van der Waals surface area contributed by atoms with Crippen molar-refractivity contribution in [2.45, 2.75) is 77.4 Å². The molecule has 0 bridgehead atoms. The summed E-state index contributed by atoms with van der Waals surface area (Å²) < 4.78 is 18.5. The summed E-state index contributed by atoms with van der Waals surface area (Å²) in [7, 11) is 1.73. The highest BCUT2D eigenvalue weighted by Gasteiger charge is 2.39. The maximum atomic E-state index is 12.9. The van der Waals surface area contributed by atoms with E-state index in [1.54, 1.807) is 7.11 Å². The Labute approximate surface area is 190 Å². The average molecular weight is 448 g/mol. The summed E-state index contributed by atoms with van der Waals surface area (Å²) in [5.41, 5.74) is 2.68. The van der Waals surface area contributed by atoms with E-state index in [9.17, 15) is 9.59 Å². The fourth-order valence-electron chi connectivity index (χ4n) is 5.40. The van der Waals surface area contributed by atoms with Crippen molar-refractivity contribution < 1.29 is 23.8 Å². The van der Waals surface area contributed by atoms with Crippen LogP contribution in [0.4, 0.5) is 0 Å². The molecule has 1 amide bonds. The van der Waals surface area contributed by atoms with E-state index in [1.807, 2.05) is 11.6 Å². The summed E-state index contributed by atoms with van der Waals surface area (Å²) in [5.74, 6) is -0.107. The van der Waals surface area contributed by atoms with Gasteiger partial charge in [0.15, 0.2) is 0 Å². The van der Waals surface area contributed by atoms with E-state index in [1.165, 1.54) is 0 Å². The van der Waals surface area contributed by atoms with Gasteiger partial charge in [0.2, 0.25) is 0 Å². The number of hydrogen-bond donors (Lipinski definition) is 1. The Morgan fingerprint density at radius 2 is 2.00 bits per heavy atom. The van der Waals surface area contributed by atoms with E-state index >= 15 is 0 Å². The lowest BCUT2D eigenvalue weighted by Gasteiger charge is -2.36. The lowest BCUT2D eigenvalue weighted by Crippen LogP contribution is -2.40. The minimum atomic E-state index is -0.0892. The Balaban J connectivity index is 1.37. The van der Waals surface area contributed by atoms with Crippen LogP contribution in [0.25, 0.3) is 0 Å². The first kappa shape index (κ1) is 23.2. The minimum absolute atomic E-state index is 0.00820. The van der Waals surface area contributed by atoms with Crippen LogP contribution in [-0.4, -0.2) is 61.2 Å². The number of nitrogens with zero attached hydrogens (tertiary/aromatic N) is 2. The van der Waals surface area contributed by atoms with E-state index < -0.39 is 0 Å². The molecule has 8 heteroatoms. The molecule has 0 unspecified atom stereocenters. The van der Waals surface area contributed by atoms with Gasteiger partial charge in [0.05, 0.1) is 35.6 Å². The van der Waals surface area contributed by atoms with Crippen LogP contribution in [0.1, 0.15) is 73.6 Å². The monoisotopic (exact) mass is 447 g/mol. The molecule has 0 radical (unpaired) electrons. The summed E-state index contributed by atoms with van der Waals surface area (Å²) in [6, 6.07) is 0. The summed E-state index contributed by atoms with van der Waals surface area (Å²) >= 11 is 0. The number of hydrogen-bond acceptors (Lipinski definition) is 6. The molecule has 4 rings (SSSR count). The summed E-state index contributed by atoms with van der Waals surface area (Å²) in [6.45, 7) is 5.23. The molecule has 1 spiro atoms. The number of nitrogens with one attached hydrogen (secondary N) is 1. The van der Waals surface area contributed by atoms with Crippen LogP contribution < -0.4 is 5.32 Å². The van der Waals surface area contributed by atoms with Crippen LogP contribution in [-0.2, 0) is 38.4 Å². The van der Waals surface area contributed by atoms with Crippen molar-refractivity contribution in [3.8, 4) is 0 Å². The second-order valence-corrected chi connectivity index (χ2v) is 9.55. The maximum absolute atomic E-state index is 12.9. The summed E-state index contributed by atoms with van der Waals surface area (Å²) in [6.07, 6.45) is 7.93. The molecule has 1 saturated heterocycles. The number of ether oxygens (including phenoxy) is 3. The molecule has 8 nitrogen and oxygen atoms in total. The lowest BCUT2D eigenvalue weighted by molar-refractivity contribution is -0.150. The number of esters is 1. The normalized spacial score (nSPS) is 25.1. The molecule has 2 aliphatic heterocycles. The van der Waals surface area contributed by atoms with Crippen molar-refractivity contribution in [1.82, 2.24) is 15.1 Å². The maximum Gasteiger partial charge on any atom is 0.308 e. The number of carbonyl (C=O) groups excluding carboxylic acids is 2. The van der Waals surface area contributed by atoms with E-state index in [0.717, 1.165) is 81.5 Å². The molecule has 1 aromatic rings.